The Morgan fingerprint density at radius 2 is 2.50 bits per heavy atom. The lowest BCUT2D eigenvalue weighted by Crippen LogP contribution is -2.24. The second kappa shape index (κ2) is 5.78. The molecule has 0 aliphatic heterocycles. The van der Waals surface area contributed by atoms with Gasteiger partial charge in [0.05, 0.1) is 11.9 Å². The summed E-state index contributed by atoms with van der Waals surface area (Å²) in [5.41, 5.74) is 3.02. The van der Waals surface area contributed by atoms with Gasteiger partial charge in [-0.1, -0.05) is 0 Å². The smallest absolute Gasteiger partial charge is 0.343 e. The number of aromatic nitrogens is 3. The van der Waals surface area contributed by atoms with Crippen LogP contribution in [0.2, 0.25) is 0 Å². The molecule has 2 aromatic heterocycles. The molecule has 0 aliphatic rings. The SMILES string of the molecule is Cc1ncc([N+](=O)[O-])n1CC(=O)N/N=C\c1ccc[nH]1. The van der Waals surface area contributed by atoms with Gasteiger partial charge in [0.2, 0.25) is 0 Å². The minimum absolute atomic E-state index is 0.218. The highest BCUT2D eigenvalue weighted by Crippen LogP contribution is 2.12. The maximum atomic E-state index is 11.7. The van der Waals surface area contributed by atoms with E-state index in [0.717, 1.165) is 11.9 Å². The number of hydrazone groups is 1. The lowest BCUT2D eigenvalue weighted by Gasteiger charge is -2.01. The Hall–Kier alpha value is -2.97. The normalized spacial score (nSPS) is 10.8. The van der Waals surface area contributed by atoms with Crippen LogP contribution in [0.25, 0.3) is 0 Å². The van der Waals surface area contributed by atoms with E-state index < -0.39 is 10.8 Å². The topological polar surface area (TPSA) is 118 Å². The van der Waals surface area contributed by atoms with Gasteiger partial charge in [-0.05, 0) is 17.1 Å². The van der Waals surface area contributed by atoms with Crippen molar-refractivity contribution < 1.29 is 9.72 Å². The number of aromatic amines is 1. The quantitative estimate of drug-likeness (QED) is 0.471. The number of amides is 1. The van der Waals surface area contributed by atoms with Gasteiger partial charge in [0.1, 0.15) is 6.20 Å². The zero-order valence-corrected chi connectivity index (χ0v) is 10.6. The average Bonchev–Trinajstić information content (AvgIpc) is 3.01. The van der Waals surface area contributed by atoms with E-state index in [1.165, 1.54) is 10.8 Å². The van der Waals surface area contributed by atoms with Gasteiger partial charge in [-0.25, -0.2) is 15.0 Å². The zero-order valence-electron chi connectivity index (χ0n) is 10.6. The molecule has 20 heavy (non-hydrogen) atoms. The number of hydrogen-bond acceptors (Lipinski definition) is 5. The maximum absolute atomic E-state index is 11.7. The Kier molecular flexibility index (Phi) is 3.89. The summed E-state index contributed by atoms with van der Waals surface area (Å²) in [6, 6.07) is 3.57. The van der Waals surface area contributed by atoms with Gasteiger partial charge in [-0.15, -0.1) is 0 Å². The number of H-pyrrole nitrogens is 1. The predicted molar refractivity (Wildman–Crippen MR) is 70.1 cm³/mol. The summed E-state index contributed by atoms with van der Waals surface area (Å²) in [6.07, 6.45) is 4.28. The van der Waals surface area contributed by atoms with Gasteiger partial charge in [0.25, 0.3) is 5.91 Å². The third kappa shape index (κ3) is 3.07. The Morgan fingerprint density at radius 3 is 3.15 bits per heavy atom. The molecule has 0 spiro atoms. The highest BCUT2D eigenvalue weighted by molar-refractivity contribution is 5.80. The second-order valence-corrected chi connectivity index (χ2v) is 3.93. The molecule has 0 saturated carbocycles. The molecule has 2 N–H and O–H groups in total. The molecule has 0 aliphatic carbocycles. The molecule has 2 heterocycles. The molecule has 0 fully saturated rings. The summed E-state index contributed by atoms with van der Waals surface area (Å²) in [6.45, 7) is 1.37. The molecule has 1 amide bonds. The summed E-state index contributed by atoms with van der Waals surface area (Å²) >= 11 is 0. The van der Waals surface area contributed by atoms with Crippen LogP contribution in [0, 0.1) is 17.0 Å². The molecule has 0 unspecified atom stereocenters. The number of nitro groups is 1. The van der Waals surface area contributed by atoms with Crippen molar-refractivity contribution in [2.24, 2.45) is 5.10 Å². The van der Waals surface area contributed by atoms with Gasteiger partial charge >= 0.3 is 5.82 Å². The standard InChI is InChI=1S/C11H12N6O3/c1-8-13-6-11(17(19)20)16(8)7-10(18)15-14-5-9-3-2-4-12-9/h2-6,12H,7H2,1H3,(H,15,18)/b14-5-. The zero-order chi connectivity index (χ0) is 14.5. The Balaban J connectivity index is 1.98. The van der Waals surface area contributed by atoms with Crippen LogP contribution >= 0.6 is 0 Å². The number of aryl methyl sites for hydroxylation is 1. The van der Waals surface area contributed by atoms with Crippen LogP contribution in [-0.2, 0) is 11.3 Å². The first-order valence-electron chi connectivity index (χ1n) is 5.69. The molecule has 2 rings (SSSR count). The van der Waals surface area contributed by atoms with Gasteiger partial charge in [0.15, 0.2) is 12.4 Å². The first-order valence-corrected chi connectivity index (χ1v) is 5.69. The summed E-state index contributed by atoms with van der Waals surface area (Å²) in [7, 11) is 0. The van der Waals surface area contributed by atoms with E-state index in [1.54, 1.807) is 25.3 Å². The van der Waals surface area contributed by atoms with Crippen molar-refractivity contribution in [3.63, 3.8) is 0 Å². The van der Waals surface area contributed by atoms with Crippen molar-refractivity contribution in [3.05, 3.63) is 46.2 Å². The number of imidazole rings is 1. The number of carbonyl (C=O) groups excluding carboxylic acids is 1. The van der Waals surface area contributed by atoms with Crippen LogP contribution in [-0.4, -0.2) is 31.6 Å². The first-order chi connectivity index (χ1) is 9.58. The maximum Gasteiger partial charge on any atom is 0.343 e. The summed E-state index contributed by atoms with van der Waals surface area (Å²) < 4.78 is 1.21. The number of nitrogens with zero attached hydrogens (tertiary/aromatic N) is 4. The Bertz CT molecular complexity index is 643. The fraction of sp³-hybridized carbons (Fsp3) is 0.182. The third-order valence-electron chi connectivity index (χ3n) is 2.54. The fourth-order valence-corrected chi connectivity index (χ4v) is 1.57. The van der Waals surface area contributed by atoms with Gasteiger partial charge < -0.3 is 15.1 Å². The van der Waals surface area contributed by atoms with E-state index in [0.29, 0.717) is 5.82 Å². The minimum atomic E-state index is -0.588. The number of rotatable bonds is 5. The molecule has 0 atom stereocenters. The molecule has 0 bridgehead atoms. The van der Waals surface area contributed by atoms with Crippen LogP contribution in [0.1, 0.15) is 11.5 Å². The van der Waals surface area contributed by atoms with E-state index in [2.05, 4.69) is 20.5 Å². The molecule has 9 heteroatoms. The summed E-state index contributed by atoms with van der Waals surface area (Å²) in [5, 5.41) is 14.5. The summed E-state index contributed by atoms with van der Waals surface area (Å²) in [4.78, 5) is 28.5. The van der Waals surface area contributed by atoms with Crippen molar-refractivity contribution >= 4 is 17.9 Å². The fourth-order valence-electron chi connectivity index (χ4n) is 1.57. The van der Waals surface area contributed by atoms with Crippen LogP contribution in [0.15, 0.2) is 29.6 Å². The van der Waals surface area contributed by atoms with Crippen LogP contribution in [0.3, 0.4) is 0 Å². The van der Waals surface area contributed by atoms with Crippen molar-refractivity contribution in [1.82, 2.24) is 20.0 Å². The minimum Gasteiger partial charge on any atom is -0.360 e. The van der Waals surface area contributed by atoms with Crippen molar-refractivity contribution in [3.8, 4) is 0 Å². The molecule has 2 aromatic rings. The number of hydrogen-bond donors (Lipinski definition) is 2. The van der Waals surface area contributed by atoms with E-state index >= 15 is 0 Å². The lowest BCUT2D eigenvalue weighted by molar-refractivity contribution is -0.392. The van der Waals surface area contributed by atoms with Crippen molar-refractivity contribution in [2.45, 2.75) is 13.5 Å². The van der Waals surface area contributed by atoms with Crippen LogP contribution in [0.5, 0.6) is 0 Å². The Morgan fingerprint density at radius 1 is 1.70 bits per heavy atom. The number of carbonyl (C=O) groups is 1. The van der Waals surface area contributed by atoms with E-state index in [-0.39, 0.29) is 12.4 Å². The molecule has 104 valence electrons. The van der Waals surface area contributed by atoms with Gasteiger partial charge in [-0.3, -0.25) is 4.79 Å². The monoisotopic (exact) mass is 276 g/mol. The van der Waals surface area contributed by atoms with E-state index in [4.69, 9.17) is 0 Å². The highest BCUT2D eigenvalue weighted by Gasteiger charge is 2.19. The molecular weight excluding hydrogens is 264 g/mol. The largest absolute Gasteiger partial charge is 0.360 e. The van der Waals surface area contributed by atoms with E-state index in [9.17, 15) is 14.9 Å². The first kappa shape index (κ1) is 13.5. The lowest BCUT2D eigenvalue weighted by atomic mass is 10.5. The van der Waals surface area contributed by atoms with Crippen LogP contribution in [0.4, 0.5) is 5.82 Å². The van der Waals surface area contributed by atoms with Gasteiger partial charge in [-0.2, -0.15) is 5.10 Å². The molecular formula is C11H12N6O3. The van der Waals surface area contributed by atoms with Crippen molar-refractivity contribution in [2.75, 3.05) is 0 Å². The molecule has 9 nitrogen and oxygen atoms in total. The van der Waals surface area contributed by atoms with Gasteiger partial charge in [0, 0.05) is 13.1 Å². The third-order valence-corrected chi connectivity index (χ3v) is 2.54. The highest BCUT2D eigenvalue weighted by atomic mass is 16.6. The second-order valence-electron chi connectivity index (χ2n) is 3.93. The van der Waals surface area contributed by atoms with E-state index in [1.807, 2.05) is 0 Å². The summed E-state index contributed by atoms with van der Waals surface area (Å²) in [5.74, 6) is -0.316. The molecule has 0 radical (unpaired) electrons. The van der Waals surface area contributed by atoms with Crippen molar-refractivity contribution in [1.29, 1.82) is 0 Å². The predicted octanol–water partition coefficient (Wildman–Crippen LogP) is 0.578. The number of nitrogens with one attached hydrogen (secondary N) is 2. The molecule has 0 saturated heterocycles. The average molecular weight is 276 g/mol. The van der Waals surface area contributed by atoms with Crippen LogP contribution < -0.4 is 5.43 Å². The Labute approximate surface area is 113 Å². The molecule has 0 aromatic carbocycles.